The molecular formula is C21H13ClN4S. The third-order valence-electron chi connectivity index (χ3n) is 4.03. The van der Waals surface area contributed by atoms with Gasteiger partial charge in [0, 0.05) is 27.1 Å². The molecule has 2 aromatic carbocycles. The minimum Gasteiger partial charge on any atom is -0.277 e. The van der Waals surface area contributed by atoms with Gasteiger partial charge in [-0.05, 0) is 18.2 Å². The molecule has 2 heterocycles. The number of hydrogen-bond donors (Lipinski definition) is 1. The van der Waals surface area contributed by atoms with Crippen LogP contribution in [0.2, 0.25) is 5.02 Å². The lowest BCUT2D eigenvalue weighted by Gasteiger charge is -2.01. The van der Waals surface area contributed by atoms with Crippen molar-refractivity contribution in [1.29, 1.82) is 5.26 Å². The van der Waals surface area contributed by atoms with Crippen LogP contribution >= 0.6 is 22.9 Å². The zero-order valence-electron chi connectivity index (χ0n) is 14.1. The van der Waals surface area contributed by atoms with Crippen molar-refractivity contribution in [3.05, 3.63) is 81.8 Å². The van der Waals surface area contributed by atoms with Gasteiger partial charge in [-0.2, -0.15) is 10.4 Å². The maximum Gasteiger partial charge on any atom is 0.134 e. The van der Waals surface area contributed by atoms with Gasteiger partial charge in [-0.15, -0.1) is 11.3 Å². The number of benzene rings is 2. The Kier molecular flexibility index (Phi) is 4.84. The van der Waals surface area contributed by atoms with E-state index >= 15 is 0 Å². The van der Waals surface area contributed by atoms with Crippen LogP contribution in [0.25, 0.3) is 34.2 Å². The van der Waals surface area contributed by atoms with Crippen LogP contribution in [0.15, 0.2) is 66.2 Å². The smallest absolute Gasteiger partial charge is 0.134 e. The first-order valence-corrected chi connectivity index (χ1v) is 9.43. The Balaban J connectivity index is 1.70. The highest BCUT2D eigenvalue weighted by Crippen LogP contribution is 2.29. The van der Waals surface area contributed by atoms with Crippen LogP contribution in [0.5, 0.6) is 0 Å². The van der Waals surface area contributed by atoms with Gasteiger partial charge in [0.25, 0.3) is 0 Å². The fourth-order valence-electron chi connectivity index (χ4n) is 2.69. The Morgan fingerprint density at radius 3 is 2.59 bits per heavy atom. The third kappa shape index (κ3) is 3.68. The molecule has 0 aliphatic heterocycles. The highest BCUT2D eigenvalue weighted by atomic mass is 35.5. The number of hydrogen-bond acceptors (Lipinski definition) is 4. The first-order valence-electron chi connectivity index (χ1n) is 8.17. The fourth-order valence-corrected chi connectivity index (χ4v) is 3.61. The lowest BCUT2D eigenvalue weighted by atomic mass is 10.1. The number of nitrogens with one attached hydrogen (secondary N) is 1. The molecule has 0 saturated heterocycles. The predicted octanol–water partition coefficient (Wildman–Crippen LogP) is 5.92. The van der Waals surface area contributed by atoms with Gasteiger partial charge in [-0.1, -0.05) is 54.1 Å². The van der Waals surface area contributed by atoms with Gasteiger partial charge in [0.1, 0.15) is 11.1 Å². The van der Waals surface area contributed by atoms with E-state index in [2.05, 4.69) is 21.3 Å². The van der Waals surface area contributed by atoms with Crippen molar-refractivity contribution in [1.82, 2.24) is 15.2 Å². The Bertz CT molecular complexity index is 1130. The molecule has 0 aliphatic rings. The van der Waals surface area contributed by atoms with Gasteiger partial charge < -0.3 is 0 Å². The van der Waals surface area contributed by atoms with Gasteiger partial charge in [-0.3, -0.25) is 5.10 Å². The van der Waals surface area contributed by atoms with Crippen LogP contribution in [-0.2, 0) is 0 Å². The second kappa shape index (κ2) is 7.58. The van der Waals surface area contributed by atoms with E-state index in [1.54, 1.807) is 12.3 Å². The first-order chi connectivity index (χ1) is 13.2. The maximum atomic E-state index is 9.66. The normalized spacial score (nSPS) is 11.3. The lowest BCUT2D eigenvalue weighted by molar-refractivity contribution is 1.10. The quantitative estimate of drug-likeness (QED) is 0.441. The van der Waals surface area contributed by atoms with Crippen molar-refractivity contribution in [3.8, 4) is 28.6 Å². The van der Waals surface area contributed by atoms with Crippen LogP contribution in [-0.4, -0.2) is 15.2 Å². The average Bonchev–Trinajstić information content (AvgIpc) is 3.37. The molecule has 2 aromatic heterocycles. The largest absolute Gasteiger partial charge is 0.277 e. The van der Waals surface area contributed by atoms with Crippen molar-refractivity contribution in [3.63, 3.8) is 0 Å². The zero-order chi connectivity index (χ0) is 18.6. The molecule has 0 spiro atoms. The monoisotopic (exact) mass is 388 g/mol. The number of thiazole rings is 1. The molecular weight excluding hydrogens is 376 g/mol. The Labute approximate surface area is 165 Å². The summed E-state index contributed by atoms with van der Waals surface area (Å²) < 4.78 is 0. The molecule has 6 heteroatoms. The van der Waals surface area contributed by atoms with Crippen LogP contribution in [0, 0.1) is 11.3 Å². The number of aromatic nitrogens is 3. The van der Waals surface area contributed by atoms with Crippen LogP contribution < -0.4 is 0 Å². The number of halogens is 1. The van der Waals surface area contributed by atoms with Crippen molar-refractivity contribution in [2.24, 2.45) is 0 Å². The highest BCUT2D eigenvalue weighted by molar-refractivity contribution is 7.11. The minimum atomic E-state index is 0.499. The number of nitrogens with zero attached hydrogens (tertiary/aromatic N) is 3. The SMILES string of the molecule is N#C/C(=C\c1cn[nH]c1-c1ccc(Cl)cc1)c1nc(-c2ccccc2)cs1. The van der Waals surface area contributed by atoms with E-state index in [0.717, 1.165) is 28.1 Å². The Morgan fingerprint density at radius 2 is 1.85 bits per heavy atom. The van der Waals surface area contributed by atoms with Crippen LogP contribution in [0.1, 0.15) is 10.6 Å². The number of nitriles is 1. The second-order valence-corrected chi connectivity index (χ2v) is 7.08. The molecule has 0 fully saturated rings. The van der Waals surface area contributed by atoms with Gasteiger partial charge in [0.2, 0.25) is 0 Å². The van der Waals surface area contributed by atoms with E-state index in [1.165, 1.54) is 11.3 Å². The highest BCUT2D eigenvalue weighted by Gasteiger charge is 2.12. The second-order valence-electron chi connectivity index (χ2n) is 5.78. The number of H-pyrrole nitrogens is 1. The summed E-state index contributed by atoms with van der Waals surface area (Å²) in [6.07, 6.45) is 3.51. The van der Waals surface area contributed by atoms with Crippen LogP contribution in [0.3, 0.4) is 0 Å². The van der Waals surface area contributed by atoms with E-state index in [0.29, 0.717) is 15.6 Å². The summed E-state index contributed by atoms with van der Waals surface area (Å²) in [5, 5.41) is 20.1. The summed E-state index contributed by atoms with van der Waals surface area (Å²) >= 11 is 7.42. The maximum absolute atomic E-state index is 9.66. The zero-order valence-corrected chi connectivity index (χ0v) is 15.6. The molecule has 4 rings (SSSR count). The summed E-state index contributed by atoms with van der Waals surface area (Å²) in [6.45, 7) is 0. The van der Waals surface area contributed by atoms with Gasteiger partial charge in [0.05, 0.1) is 23.2 Å². The average molecular weight is 389 g/mol. The first kappa shape index (κ1) is 17.2. The number of rotatable bonds is 4. The van der Waals surface area contributed by atoms with E-state index in [4.69, 9.17) is 11.6 Å². The van der Waals surface area contributed by atoms with Crippen molar-refractivity contribution < 1.29 is 0 Å². The van der Waals surface area contributed by atoms with Crippen molar-refractivity contribution >= 4 is 34.6 Å². The summed E-state index contributed by atoms with van der Waals surface area (Å²) in [7, 11) is 0. The van der Waals surface area contributed by atoms with Gasteiger partial charge in [-0.25, -0.2) is 4.98 Å². The molecule has 0 saturated carbocycles. The number of aromatic amines is 1. The van der Waals surface area contributed by atoms with E-state index in [1.807, 2.05) is 60.0 Å². The minimum absolute atomic E-state index is 0.499. The molecule has 0 amide bonds. The molecule has 0 bridgehead atoms. The molecule has 0 radical (unpaired) electrons. The van der Waals surface area contributed by atoms with Crippen molar-refractivity contribution in [2.75, 3.05) is 0 Å². The molecule has 130 valence electrons. The molecule has 0 aliphatic carbocycles. The lowest BCUT2D eigenvalue weighted by Crippen LogP contribution is -1.84. The Morgan fingerprint density at radius 1 is 1.07 bits per heavy atom. The van der Waals surface area contributed by atoms with Crippen LogP contribution in [0.4, 0.5) is 0 Å². The summed E-state index contributed by atoms with van der Waals surface area (Å²) in [5.41, 5.74) is 5.00. The summed E-state index contributed by atoms with van der Waals surface area (Å²) in [6, 6.07) is 19.6. The van der Waals surface area contributed by atoms with Gasteiger partial charge >= 0.3 is 0 Å². The Hall–Kier alpha value is -3.20. The molecule has 27 heavy (non-hydrogen) atoms. The molecule has 0 unspecified atom stereocenters. The van der Waals surface area contributed by atoms with E-state index in [-0.39, 0.29) is 0 Å². The summed E-state index contributed by atoms with van der Waals surface area (Å²) in [5.74, 6) is 0. The van der Waals surface area contributed by atoms with E-state index in [9.17, 15) is 5.26 Å². The molecule has 4 nitrogen and oxygen atoms in total. The standard InChI is InChI=1S/C21H13ClN4S/c22-18-8-6-15(7-9-18)20-17(12-24-26-20)10-16(11-23)21-25-19(13-27-21)14-4-2-1-3-5-14/h1-10,12-13H,(H,24,26)/b16-10+. The third-order valence-corrected chi connectivity index (χ3v) is 5.15. The van der Waals surface area contributed by atoms with E-state index < -0.39 is 0 Å². The molecule has 4 aromatic rings. The molecule has 0 atom stereocenters. The van der Waals surface area contributed by atoms with Gasteiger partial charge in [0.15, 0.2) is 0 Å². The van der Waals surface area contributed by atoms with Crippen molar-refractivity contribution in [2.45, 2.75) is 0 Å². The summed E-state index contributed by atoms with van der Waals surface area (Å²) in [4.78, 5) is 4.63. The fraction of sp³-hybridized carbons (Fsp3) is 0. The topological polar surface area (TPSA) is 65.4 Å². The molecule has 1 N–H and O–H groups in total. The number of allylic oxidation sites excluding steroid dienone is 1. The predicted molar refractivity (Wildman–Crippen MR) is 110 cm³/mol.